The Morgan fingerprint density at radius 3 is 2.92 bits per heavy atom. The summed E-state index contributed by atoms with van der Waals surface area (Å²) in [6.45, 7) is 5.04. The lowest BCUT2D eigenvalue weighted by Gasteiger charge is -2.36. The van der Waals surface area contributed by atoms with Crippen molar-refractivity contribution in [1.29, 1.82) is 0 Å². The standard InChI is InChI=1S/C19H22ClN3O2/c20-16-10-14(11-18-19(16)25-9-1-8-24-18)13-23-7-6-22-12-17(23)15-2-4-21-5-3-15/h2-5,10-11,17,22H,1,6-9,12-13H2. The van der Waals surface area contributed by atoms with Gasteiger partial charge < -0.3 is 14.8 Å². The molecule has 25 heavy (non-hydrogen) atoms. The lowest BCUT2D eigenvalue weighted by molar-refractivity contribution is 0.153. The van der Waals surface area contributed by atoms with Gasteiger partial charge in [0.2, 0.25) is 0 Å². The topological polar surface area (TPSA) is 46.6 Å². The Morgan fingerprint density at radius 2 is 2.04 bits per heavy atom. The fraction of sp³-hybridized carbons (Fsp3) is 0.421. The van der Waals surface area contributed by atoms with Crippen molar-refractivity contribution < 1.29 is 9.47 Å². The third-order valence-corrected chi connectivity index (χ3v) is 4.97. The molecule has 0 spiro atoms. The van der Waals surface area contributed by atoms with E-state index in [0.717, 1.165) is 43.9 Å². The number of ether oxygens (including phenoxy) is 2. The maximum absolute atomic E-state index is 6.45. The van der Waals surface area contributed by atoms with E-state index in [0.29, 0.717) is 30.0 Å². The highest BCUT2D eigenvalue weighted by Crippen LogP contribution is 2.38. The smallest absolute Gasteiger partial charge is 0.179 e. The number of fused-ring (bicyclic) bond motifs is 1. The van der Waals surface area contributed by atoms with Crippen molar-refractivity contribution in [1.82, 2.24) is 15.2 Å². The summed E-state index contributed by atoms with van der Waals surface area (Å²) >= 11 is 6.45. The molecule has 0 radical (unpaired) electrons. The van der Waals surface area contributed by atoms with Crippen LogP contribution in [-0.4, -0.2) is 42.7 Å². The van der Waals surface area contributed by atoms with Crippen LogP contribution in [0.25, 0.3) is 0 Å². The summed E-state index contributed by atoms with van der Waals surface area (Å²) in [6, 6.07) is 8.57. The molecule has 1 aromatic heterocycles. The van der Waals surface area contributed by atoms with Crippen molar-refractivity contribution in [2.45, 2.75) is 19.0 Å². The van der Waals surface area contributed by atoms with Gasteiger partial charge in [0.25, 0.3) is 0 Å². The van der Waals surface area contributed by atoms with Gasteiger partial charge in [-0.25, -0.2) is 0 Å². The number of halogens is 1. The average Bonchev–Trinajstić information content (AvgIpc) is 2.89. The van der Waals surface area contributed by atoms with Crippen LogP contribution in [0, 0.1) is 0 Å². The van der Waals surface area contributed by atoms with Crippen LogP contribution in [0.2, 0.25) is 5.02 Å². The summed E-state index contributed by atoms with van der Waals surface area (Å²) in [7, 11) is 0. The number of hydrogen-bond donors (Lipinski definition) is 1. The van der Waals surface area contributed by atoms with Gasteiger partial charge in [-0.3, -0.25) is 9.88 Å². The number of piperazine rings is 1. The molecule has 2 aliphatic heterocycles. The maximum Gasteiger partial charge on any atom is 0.179 e. The summed E-state index contributed by atoms with van der Waals surface area (Å²) in [5.41, 5.74) is 2.43. The minimum atomic E-state index is 0.325. The molecule has 1 atom stereocenters. The van der Waals surface area contributed by atoms with Crippen LogP contribution in [0.5, 0.6) is 11.5 Å². The number of pyridine rings is 1. The van der Waals surface area contributed by atoms with Crippen LogP contribution < -0.4 is 14.8 Å². The predicted molar refractivity (Wildman–Crippen MR) is 97.3 cm³/mol. The van der Waals surface area contributed by atoms with E-state index in [1.54, 1.807) is 0 Å². The van der Waals surface area contributed by atoms with Crippen LogP contribution in [0.1, 0.15) is 23.6 Å². The van der Waals surface area contributed by atoms with Crippen LogP contribution in [0.3, 0.4) is 0 Å². The van der Waals surface area contributed by atoms with E-state index in [1.807, 2.05) is 18.5 Å². The minimum absolute atomic E-state index is 0.325. The SMILES string of the molecule is Clc1cc(CN2CCNCC2c2ccncc2)cc2c1OCCCO2. The maximum atomic E-state index is 6.45. The first-order valence-electron chi connectivity index (χ1n) is 8.74. The zero-order chi connectivity index (χ0) is 17.1. The number of hydrogen-bond acceptors (Lipinski definition) is 5. The Morgan fingerprint density at radius 1 is 1.20 bits per heavy atom. The van der Waals surface area contributed by atoms with Crippen LogP contribution in [-0.2, 0) is 6.54 Å². The van der Waals surface area contributed by atoms with E-state index < -0.39 is 0 Å². The lowest BCUT2D eigenvalue weighted by atomic mass is 10.0. The van der Waals surface area contributed by atoms with Crippen LogP contribution in [0.4, 0.5) is 0 Å². The Balaban J connectivity index is 1.58. The first kappa shape index (κ1) is 16.6. The molecule has 132 valence electrons. The molecule has 0 saturated carbocycles. The highest BCUT2D eigenvalue weighted by atomic mass is 35.5. The summed E-state index contributed by atoms with van der Waals surface area (Å²) in [5, 5.41) is 4.12. The normalized spacial score (nSPS) is 20.9. The van der Waals surface area contributed by atoms with E-state index in [4.69, 9.17) is 21.1 Å². The van der Waals surface area contributed by atoms with Gasteiger partial charge in [0.1, 0.15) is 0 Å². The van der Waals surface area contributed by atoms with E-state index >= 15 is 0 Å². The van der Waals surface area contributed by atoms with Gasteiger partial charge in [-0.1, -0.05) is 11.6 Å². The van der Waals surface area contributed by atoms with Gasteiger partial charge in [-0.2, -0.15) is 0 Å². The number of nitrogens with zero attached hydrogens (tertiary/aromatic N) is 2. The second kappa shape index (κ2) is 7.60. The first-order valence-corrected chi connectivity index (χ1v) is 9.12. The molecular formula is C19H22ClN3O2. The molecule has 0 bridgehead atoms. The van der Waals surface area contributed by atoms with Crippen LogP contribution >= 0.6 is 11.6 Å². The van der Waals surface area contributed by atoms with Gasteiger partial charge in [-0.05, 0) is 35.4 Å². The molecule has 6 heteroatoms. The van der Waals surface area contributed by atoms with Crippen molar-refractivity contribution in [3.05, 3.63) is 52.8 Å². The van der Waals surface area contributed by atoms with Gasteiger partial charge in [-0.15, -0.1) is 0 Å². The Kier molecular flexibility index (Phi) is 5.06. The molecule has 1 N–H and O–H groups in total. The van der Waals surface area contributed by atoms with Gasteiger partial charge in [0.15, 0.2) is 11.5 Å². The van der Waals surface area contributed by atoms with E-state index in [2.05, 4.69) is 33.4 Å². The molecule has 4 rings (SSSR count). The number of rotatable bonds is 3. The highest BCUT2D eigenvalue weighted by molar-refractivity contribution is 6.32. The van der Waals surface area contributed by atoms with Crippen molar-refractivity contribution in [2.24, 2.45) is 0 Å². The van der Waals surface area contributed by atoms with Gasteiger partial charge in [0.05, 0.1) is 18.2 Å². The lowest BCUT2D eigenvalue weighted by Crippen LogP contribution is -2.45. The Bertz CT molecular complexity index is 726. The number of aromatic nitrogens is 1. The summed E-state index contributed by atoms with van der Waals surface area (Å²) in [4.78, 5) is 6.60. The third kappa shape index (κ3) is 3.73. The van der Waals surface area contributed by atoms with Crippen molar-refractivity contribution in [3.63, 3.8) is 0 Å². The molecule has 3 heterocycles. The van der Waals surface area contributed by atoms with Crippen molar-refractivity contribution in [3.8, 4) is 11.5 Å². The number of benzene rings is 1. The largest absolute Gasteiger partial charge is 0.489 e. The van der Waals surface area contributed by atoms with Gasteiger partial charge >= 0.3 is 0 Å². The summed E-state index contributed by atoms with van der Waals surface area (Å²) in [5.74, 6) is 1.43. The zero-order valence-corrected chi connectivity index (χ0v) is 14.8. The third-order valence-electron chi connectivity index (χ3n) is 4.69. The van der Waals surface area contributed by atoms with E-state index in [9.17, 15) is 0 Å². The predicted octanol–water partition coefficient (Wildman–Crippen LogP) is 3.04. The van der Waals surface area contributed by atoms with E-state index in [1.165, 1.54) is 5.56 Å². The molecule has 1 unspecified atom stereocenters. The monoisotopic (exact) mass is 359 g/mol. The molecule has 0 aliphatic carbocycles. The second-order valence-corrected chi connectivity index (χ2v) is 6.83. The molecule has 2 aromatic rings. The van der Waals surface area contributed by atoms with Crippen molar-refractivity contribution in [2.75, 3.05) is 32.8 Å². The quantitative estimate of drug-likeness (QED) is 0.912. The minimum Gasteiger partial charge on any atom is -0.489 e. The molecule has 0 amide bonds. The first-order chi connectivity index (χ1) is 12.3. The average molecular weight is 360 g/mol. The molecule has 5 nitrogen and oxygen atoms in total. The van der Waals surface area contributed by atoms with Gasteiger partial charge in [0, 0.05) is 51.0 Å². The molecule has 2 aliphatic rings. The fourth-order valence-corrected chi connectivity index (χ4v) is 3.75. The number of nitrogens with one attached hydrogen (secondary N) is 1. The Labute approximate surface area is 152 Å². The molecule has 1 saturated heterocycles. The fourth-order valence-electron chi connectivity index (χ4n) is 3.46. The molecule has 1 aromatic carbocycles. The van der Waals surface area contributed by atoms with Crippen molar-refractivity contribution >= 4 is 11.6 Å². The molecule has 1 fully saturated rings. The zero-order valence-electron chi connectivity index (χ0n) is 14.1. The van der Waals surface area contributed by atoms with E-state index in [-0.39, 0.29) is 0 Å². The Hall–Kier alpha value is -1.82. The second-order valence-electron chi connectivity index (χ2n) is 6.43. The van der Waals surface area contributed by atoms with Crippen LogP contribution in [0.15, 0.2) is 36.7 Å². The highest BCUT2D eigenvalue weighted by Gasteiger charge is 2.25. The summed E-state index contributed by atoms with van der Waals surface area (Å²) < 4.78 is 11.5. The summed E-state index contributed by atoms with van der Waals surface area (Å²) in [6.07, 6.45) is 4.58. The molecular weight excluding hydrogens is 338 g/mol.